The Morgan fingerprint density at radius 3 is 1.92 bits per heavy atom. The van der Waals surface area contributed by atoms with Crippen LogP contribution >= 0.6 is 0 Å². The van der Waals surface area contributed by atoms with Crippen molar-refractivity contribution in [1.29, 1.82) is 0 Å². The molecule has 2 rings (SSSR count). The largest absolute Gasteiger partial charge is 0.465 e. The van der Waals surface area contributed by atoms with Crippen molar-refractivity contribution in [1.82, 2.24) is 0 Å². The molecule has 1 N–H and O–H groups in total. The molecule has 10 nitrogen and oxygen atoms in total. The van der Waals surface area contributed by atoms with E-state index < -0.39 is 22.2 Å². The average molecular weight is 336 g/mol. The molecule has 0 aliphatic rings. The zero-order chi connectivity index (χ0) is 17.9. The molecule has 0 saturated heterocycles. The fraction of sp³-hybridized carbons (Fsp3) is 0.0714. The molecular weight excluding hydrogens is 324 g/mol. The lowest BCUT2D eigenvalue weighted by atomic mass is 10.3. The number of carbonyl (C=O) groups is 1. The second-order valence-corrected chi connectivity index (χ2v) is 4.03. The topological polar surface area (TPSA) is 150 Å². The lowest BCUT2D eigenvalue weighted by Gasteiger charge is -1.90. The van der Waals surface area contributed by atoms with Crippen LogP contribution in [-0.2, 0) is 4.79 Å². The Labute approximate surface area is 134 Å². The van der Waals surface area contributed by atoms with Crippen LogP contribution < -0.4 is 0 Å². The van der Waals surface area contributed by atoms with Crippen molar-refractivity contribution >= 4 is 18.4 Å². The summed E-state index contributed by atoms with van der Waals surface area (Å²) >= 11 is 0. The summed E-state index contributed by atoms with van der Waals surface area (Å²) in [7, 11) is 0. The molecule has 24 heavy (non-hydrogen) atoms. The molecule has 126 valence electrons. The van der Waals surface area contributed by atoms with E-state index in [1.54, 1.807) is 18.2 Å². The summed E-state index contributed by atoms with van der Waals surface area (Å²) in [4.78, 5) is 29.0. The van der Waals surface area contributed by atoms with Gasteiger partial charge in [0.2, 0.25) is 6.29 Å². The lowest BCUT2D eigenvalue weighted by molar-refractivity contribution is -0.428. The molecule has 0 aromatic carbocycles. The van der Waals surface area contributed by atoms with Gasteiger partial charge in [0.25, 0.3) is 5.70 Å². The molecule has 0 amide bonds. The van der Waals surface area contributed by atoms with Gasteiger partial charge in [0, 0.05) is 0 Å². The summed E-state index contributed by atoms with van der Waals surface area (Å²) < 4.78 is 9.60. The first-order chi connectivity index (χ1) is 11.5. The highest BCUT2D eigenvalue weighted by Crippen LogP contribution is 2.07. The van der Waals surface area contributed by atoms with Crippen LogP contribution in [0.5, 0.6) is 0 Å². The van der Waals surface area contributed by atoms with Crippen molar-refractivity contribution in [2.24, 2.45) is 0 Å². The number of nitrogens with zero attached hydrogens (tertiary/aromatic N) is 2. The Bertz CT molecular complexity index is 729. The van der Waals surface area contributed by atoms with Crippen molar-refractivity contribution in [2.45, 2.75) is 0 Å². The van der Waals surface area contributed by atoms with Crippen molar-refractivity contribution < 1.29 is 28.6 Å². The Kier molecular flexibility index (Phi) is 7.31. The second-order valence-electron chi connectivity index (χ2n) is 4.03. The predicted molar refractivity (Wildman–Crippen MR) is 80.5 cm³/mol. The van der Waals surface area contributed by atoms with E-state index in [1.165, 1.54) is 24.7 Å². The molecular formula is C14H12N2O8. The first-order valence-corrected chi connectivity index (χ1v) is 6.32. The van der Waals surface area contributed by atoms with Gasteiger partial charge in [0.05, 0.1) is 34.5 Å². The van der Waals surface area contributed by atoms with E-state index in [1.807, 2.05) is 0 Å². The SMILES string of the molecule is O=CC(=Cc1ccco1)[N+](=O)[O-].O=[N+]([O-])/C(=C\c1ccco1)CO. The first kappa shape index (κ1) is 18.5. The van der Waals surface area contributed by atoms with Crippen molar-refractivity contribution in [3.63, 3.8) is 0 Å². The van der Waals surface area contributed by atoms with Gasteiger partial charge in [-0.3, -0.25) is 25.0 Å². The van der Waals surface area contributed by atoms with Crippen LogP contribution in [0.3, 0.4) is 0 Å². The van der Waals surface area contributed by atoms with Crippen LogP contribution in [0, 0.1) is 20.2 Å². The first-order valence-electron chi connectivity index (χ1n) is 6.32. The fourth-order valence-corrected chi connectivity index (χ4v) is 1.34. The maximum absolute atomic E-state index is 10.2. The summed E-state index contributed by atoms with van der Waals surface area (Å²) in [6.07, 6.45) is 5.19. The molecule has 0 radical (unpaired) electrons. The Hall–Kier alpha value is -3.53. The number of aliphatic hydroxyl groups is 1. The predicted octanol–water partition coefficient (Wildman–Crippen LogP) is 1.99. The molecule has 2 aromatic rings. The smallest absolute Gasteiger partial charge is 0.312 e. The number of allylic oxidation sites excluding steroid dienone is 1. The van der Waals surface area contributed by atoms with Crippen molar-refractivity contribution in [3.8, 4) is 0 Å². The molecule has 0 atom stereocenters. The second kappa shape index (κ2) is 9.48. The zero-order valence-electron chi connectivity index (χ0n) is 12.1. The summed E-state index contributed by atoms with van der Waals surface area (Å²) in [5.41, 5.74) is -0.810. The number of carbonyl (C=O) groups excluding carboxylic acids is 1. The molecule has 0 saturated carbocycles. The molecule has 2 heterocycles. The molecule has 2 aromatic heterocycles. The van der Waals surface area contributed by atoms with E-state index in [9.17, 15) is 25.0 Å². The third kappa shape index (κ3) is 6.07. The normalized spacial score (nSPS) is 11.4. The number of hydrogen-bond donors (Lipinski definition) is 1. The molecule has 0 aliphatic heterocycles. The highest BCUT2D eigenvalue weighted by Gasteiger charge is 2.09. The Morgan fingerprint density at radius 2 is 1.58 bits per heavy atom. The zero-order valence-corrected chi connectivity index (χ0v) is 12.1. The van der Waals surface area contributed by atoms with E-state index in [0.29, 0.717) is 5.76 Å². The van der Waals surface area contributed by atoms with Crippen LogP contribution in [0.4, 0.5) is 0 Å². The van der Waals surface area contributed by atoms with Gasteiger partial charge < -0.3 is 13.9 Å². The van der Waals surface area contributed by atoms with Gasteiger partial charge in [-0.25, -0.2) is 0 Å². The molecule has 0 unspecified atom stereocenters. The van der Waals surface area contributed by atoms with E-state index >= 15 is 0 Å². The minimum Gasteiger partial charge on any atom is -0.465 e. The maximum atomic E-state index is 10.2. The number of rotatable bonds is 6. The number of aldehydes is 1. The molecule has 0 fully saturated rings. The van der Waals surface area contributed by atoms with Crippen molar-refractivity contribution in [3.05, 3.63) is 79.9 Å². The average Bonchev–Trinajstić information content (AvgIpc) is 3.23. The van der Waals surface area contributed by atoms with E-state index in [0.717, 1.165) is 6.08 Å². The summed E-state index contributed by atoms with van der Waals surface area (Å²) in [5.74, 6) is 0.643. The van der Waals surface area contributed by atoms with E-state index in [2.05, 4.69) is 0 Å². The third-order valence-corrected chi connectivity index (χ3v) is 2.41. The van der Waals surface area contributed by atoms with Gasteiger partial charge >= 0.3 is 5.70 Å². The number of furan rings is 2. The maximum Gasteiger partial charge on any atom is 0.312 e. The third-order valence-electron chi connectivity index (χ3n) is 2.41. The van der Waals surface area contributed by atoms with Crippen molar-refractivity contribution in [2.75, 3.05) is 6.61 Å². The molecule has 0 bridgehead atoms. The highest BCUT2D eigenvalue weighted by atomic mass is 16.6. The minimum atomic E-state index is -0.768. The summed E-state index contributed by atoms with van der Waals surface area (Å²) in [6, 6.07) is 6.28. The van der Waals surface area contributed by atoms with Crippen LogP contribution in [0.15, 0.2) is 57.0 Å². The standard InChI is InChI=1S/C7H7NO4.C7H5NO4/c2*9-5-6(8(10)11)4-7-2-1-3-12-7/h1-4,9H,5H2;1-5H/b6-4-;. The number of hydrogen-bond acceptors (Lipinski definition) is 8. The van der Waals surface area contributed by atoms with Crippen LogP contribution in [0.1, 0.15) is 11.5 Å². The summed E-state index contributed by atoms with van der Waals surface area (Å²) in [6.45, 7) is -0.603. The van der Waals surface area contributed by atoms with Crippen LogP contribution in [0.2, 0.25) is 0 Å². The van der Waals surface area contributed by atoms with Gasteiger partial charge in [0.15, 0.2) is 0 Å². The molecule has 10 heteroatoms. The number of aliphatic hydroxyl groups excluding tert-OH is 1. The van der Waals surface area contributed by atoms with E-state index in [-0.39, 0.29) is 17.7 Å². The lowest BCUT2D eigenvalue weighted by Crippen LogP contribution is -2.02. The van der Waals surface area contributed by atoms with Crippen LogP contribution in [0.25, 0.3) is 12.2 Å². The quantitative estimate of drug-likeness (QED) is 0.364. The Morgan fingerprint density at radius 1 is 1.04 bits per heavy atom. The minimum absolute atomic E-state index is 0.169. The van der Waals surface area contributed by atoms with Crippen LogP contribution in [-0.4, -0.2) is 27.8 Å². The highest BCUT2D eigenvalue weighted by molar-refractivity contribution is 5.77. The monoisotopic (exact) mass is 336 g/mol. The number of nitro groups is 2. The van der Waals surface area contributed by atoms with Gasteiger partial charge in [-0.05, 0) is 24.3 Å². The van der Waals surface area contributed by atoms with Gasteiger partial charge in [0.1, 0.15) is 18.1 Å². The van der Waals surface area contributed by atoms with Gasteiger partial charge in [-0.2, -0.15) is 0 Å². The summed E-state index contributed by atoms with van der Waals surface area (Å²) in [5, 5.41) is 28.9. The molecule has 0 spiro atoms. The van der Waals surface area contributed by atoms with Gasteiger partial charge in [-0.15, -0.1) is 0 Å². The van der Waals surface area contributed by atoms with E-state index in [4.69, 9.17) is 13.9 Å². The Balaban J connectivity index is 0.000000240. The molecule has 0 aliphatic carbocycles. The van der Waals surface area contributed by atoms with Gasteiger partial charge in [-0.1, -0.05) is 0 Å². The fourth-order valence-electron chi connectivity index (χ4n) is 1.34.